The predicted molar refractivity (Wildman–Crippen MR) is 95.1 cm³/mol. The molecule has 0 atom stereocenters. The van der Waals surface area contributed by atoms with Crippen molar-refractivity contribution in [2.45, 2.75) is 45.6 Å². The molecule has 3 rings (SSSR count). The van der Waals surface area contributed by atoms with E-state index in [0.29, 0.717) is 0 Å². The third kappa shape index (κ3) is 4.18. The molecule has 2 aromatic heterocycles. The Morgan fingerprint density at radius 1 is 1.05 bits per heavy atom. The van der Waals surface area contributed by atoms with E-state index in [1.54, 1.807) is 0 Å². The highest BCUT2D eigenvalue weighted by Crippen LogP contribution is 2.32. The van der Waals surface area contributed by atoms with Gasteiger partial charge in [0.2, 0.25) is 0 Å². The third-order valence-corrected chi connectivity index (χ3v) is 6.85. The molecule has 0 radical (unpaired) electrons. The lowest BCUT2D eigenvalue weighted by atomic mass is 9.81. The second-order valence-electron chi connectivity index (χ2n) is 6.17. The van der Waals surface area contributed by atoms with Crippen LogP contribution in [0.4, 0.5) is 0 Å². The Balaban J connectivity index is 1.42. The molecule has 3 heteroatoms. The van der Waals surface area contributed by atoms with Crippen molar-refractivity contribution < 1.29 is 0 Å². The zero-order valence-electron chi connectivity index (χ0n) is 12.8. The van der Waals surface area contributed by atoms with Crippen molar-refractivity contribution in [3.8, 4) is 9.75 Å². The molecule has 0 amide bonds. The van der Waals surface area contributed by atoms with Crippen molar-refractivity contribution in [3.63, 3.8) is 0 Å². The van der Waals surface area contributed by atoms with Crippen molar-refractivity contribution >= 4 is 22.7 Å². The summed E-state index contributed by atoms with van der Waals surface area (Å²) in [6.45, 7) is 4.57. The lowest BCUT2D eigenvalue weighted by Crippen LogP contribution is -2.25. The maximum absolute atomic E-state index is 3.68. The van der Waals surface area contributed by atoms with Crippen LogP contribution in [0.3, 0.4) is 0 Å². The van der Waals surface area contributed by atoms with Crippen LogP contribution in [0.5, 0.6) is 0 Å². The Morgan fingerprint density at radius 3 is 2.57 bits per heavy atom. The van der Waals surface area contributed by atoms with Gasteiger partial charge in [-0.15, -0.1) is 22.7 Å². The summed E-state index contributed by atoms with van der Waals surface area (Å²) in [6, 6.07) is 8.88. The average molecular weight is 320 g/mol. The Labute approximate surface area is 136 Å². The molecule has 0 aromatic carbocycles. The van der Waals surface area contributed by atoms with Crippen molar-refractivity contribution in [1.82, 2.24) is 5.32 Å². The summed E-state index contributed by atoms with van der Waals surface area (Å²) >= 11 is 3.76. The number of rotatable bonds is 6. The molecule has 2 heterocycles. The largest absolute Gasteiger partial charge is 0.312 e. The van der Waals surface area contributed by atoms with Gasteiger partial charge in [-0.1, -0.05) is 32.3 Å². The van der Waals surface area contributed by atoms with Crippen molar-refractivity contribution in [1.29, 1.82) is 0 Å². The van der Waals surface area contributed by atoms with Crippen LogP contribution in [0.25, 0.3) is 9.75 Å². The van der Waals surface area contributed by atoms with Crippen LogP contribution in [0.15, 0.2) is 29.6 Å². The molecule has 0 saturated heterocycles. The molecule has 1 nitrogen and oxygen atoms in total. The van der Waals surface area contributed by atoms with Gasteiger partial charge in [0.15, 0.2) is 0 Å². The number of hydrogen-bond acceptors (Lipinski definition) is 3. The van der Waals surface area contributed by atoms with Gasteiger partial charge in [-0.3, -0.25) is 0 Å². The fourth-order valence-corrected chi connectivity index (χ4v) is 5.08. The van der Waals surface area contributed by atoms with Gasteiger partial charge in [0.05, 0.1) is 0 Å². The standard InChI is InChI=1S/C18H25NS2/c1-2-14-5-7-15(8-6-14)12-19-13-16-9-10-18(21-16)17-4-3-11-20-17/h3-4,9-11,14-15,19H,2,5-8,12-13H2,1H3. The molecular formula is C18H25NS2. The SMILES string of the molecule is CCC1CCC(CNCc2ccc(-c3cccs3)s2)CC1. The molecule has 0 aliphatic heterocycles. The molecule has 1 N–H and O–H groups in total. The summed E-state index contributed by atoms with van der Waals surface area (Å²) in [6.07, 6.45) is 7.13. The van der Waals surface area contributed by atoms with E-state index < -0.39 is 0 Å². The van der Waals surface area contributed by atoms with Gasteiger partial charge in [-0.25, -0.2) is 0 Å². The van der Waals surface area contributed by atoms with E-state index in [-0.39, 0.29) is 0 Å². The molecule has 0 spiro atoms. The summed E-state index contributed by atoms with van der Waals surface area (Å²) in [5.41, 5.74) is 0. The van der Waals surface area contributed by atoms with Crippen LogP contribution in [0.2, 0.25) is 0 Å². The normalized spacial score (nSPS) is 22.5. The smallest absolute Gasteiger partial charge is 0.0445 e. The molecule has 21 heavy (non-hydrogen) atoms. The Hall–Kier alpha value is -0.640. The van der Waals surface area contributed by atoms with Crippen LogP contribution in [-0.2, 0) is 6.54 Å². The maximum Gasteiger partial charge on any atom is 0.0445 e. The highest BCUT2D eigenvalue weighted by Gasteiger charge is 2.19. The van der Waals surface area contributed by atoms with Crippen LogP contribution >= 0.6 is 22.7 Å². The molecule has 1 saturated carbocycles. The van der Waals surface area contributed by atoms with Crippen LogP contribution in [0, 0.1) is 11.8 Å². The van der Waals surface area contributed by atoms with Gasteiger partial charge >= 0.3 is 0 Å². The summed E-state index contributed by atoms with van der Waals surface area (Å²) in [5.74, 6) is 1.91. The average Bonchev–Trinajstić information content (AvgIpc) is 3.19. The number of hydrogen-bond donors (Lipinski definition) is 1. The second-order valence-corrected chi connectivity index (χ2v) is 8.29. The van der Waals surface area contributed by atoms with Crippen LogP contribution in [-0.4, -0.2) is 6.54 Å². The van der Waals surface area contributed by atoms with Gasteiger partial charge < -0.3 is 5.32 Å². The molecule has 1 fully saturated rings. The molecule has 0 bridgehead atoms. The minimum absolute atomic E-state index is 0.907. The van der Waals surface area contributed by atoms with Crippen molar-refractivity contribution in [2.75, 3.05) is 6.54 Å². The molecule has 0 unspecified atom stereocenters. The first kappa shape index (κ1) is 15.3. The fraction of sp³-hybridized carbons (Fsp3) is 0.556. The quantitative estimate of drug-likeness (QED) is 0.711. The zero-order chi connectivity index (χ0) is 14.5. The van der Waals surface area contributed by atoms with E-state index in [9.17, 15) is 0 Å². The van der Waals surface area contributed by atoms with E-state index >= 15 is 0 Å². The van der Waals surface area contributed by atoms with Crippen LogP contribution < -0.4 is 5.32 Å². The number of thiophene rings is 2. The lowest BCUT2D eigenvalue weighted by Gasteiger charge is -2.27. The zero-order valence-corrected chi connectivity index (χ0v) is 14.4. The number of nitrogens with one attached hydrogen (secondary N) is 1. The first-order valence-corrected chi connectivity index (χ1v) is 9.88. The van der Waals surface area contributed by atoms with Gasteiger partial charge in [0.1, 0.15) is 0 Å². The van der Waals surface area contributed by atoms with Gasteiger partial charge in [-0.05, 0) is 54.8 Å². The summed E-state index contributed by atoms with van der Waals surface area (Å²) in [4.78, 5) is 4.26. The predicted octanol–water partition coefficient (Wildman–Crippen LogP) is 5.78. The molecule has 1 aliphatic carbocycles. The lowest BCUT2D eigenvalue weighted by molar-refractivity contribution is 0.262. The van der Waals surface area contributed by atoms with E-state index in [1.807, 2.05) is 22.7 Å². The van der Waals surface area contributed by atoms with Crippen molar-refractivity contribution in [2.24, 2.45) is 11.8 Å². The molecule has 1 aliphatic rings. The maximum atomic E-state index is 3.68. The van der Waals surface area contributed by atoms with Gasteiger partial charge in [0, 0.05) is 21.2 Å². The Bertz CT molecular complexity index is 521. The summed E-state index contributed by atoms with van der Waals surface area (Å²) < 4.78 is 0. The summed E-state index contributed by atoms with van der Waals surface area (Å²) in [5, 5.41) is 5.83. The Morgan fingerprint density at radius 2 is 1.86 bits per heavy atom. The molecular weight excluding hydrogens is 294 g/mol. The van der Waals surface area contributed by atoms with Gasteiger partial charge in [0.25, 0.3) is 0 Å². The first-order valence-electron chi connectivity index (χ1n) is 8.18. The Kier molecular flexibility index (Phi) is 5.50. The monoisotopic (exact) mass is 319 g/mol. The highest BCUT2D eigenvalue weighted by atomic mass is 32.1. The highest BCUT2D eigenvalue weighted by molar-refractivity contribution is 7.21. The minimum Gasteiger partial charge on any atom is -0.312 e. The van der Waals surface area contributed by atoms with E-state index in [4.69, 9.17) is 0 Å². The third-order valence-electron chi connectivity index (χ3n) is 4.70. The second kappa shape index (κ2) is 7.57. The van der Waals surface area contributed by atoms with E-state index in [1.165, 1.54) is 53.3 Å². The molecule has 114 valence electrons. The summed E-state index contributed by atoms with van der Waals surface area (Å²) in [7, 11) is 0. The van der Waals surface area contributed by atoms with Gasteiger partial charge in [-0.2, -0.15) is 0 Å². The minimum atomic E-state index is 0.907. The van der Waals surface area contributed by atoms with E-state index in [0.717, 1.165) is 18.4 Å². The first-order chi connectivity index (χ1) is 10.3. The topological polar surface area (TPSA) is 12.0 Å². The van der Waals surface area contributed by atoms with Crippen LogP contribution in [0.1, 0.15) is 43.9 Å². The fourth-order valence-electron chi connectivity index (χ4n) is 3.27. The van der Waals surface area contributed by atoms with E-state index in [2.05, 4.69) is 41.9 Å². The molecule has 2 aromatic rings. The van der Waals surface area contributed by atoms with Crippen molar-refractivity contribution in [3.05, 3.63) is 34.5 Å².